The Balaban J connectivity index is 2.13. The van der Waals surface area contributed by atoms with Crippen molar-refractivity contribution in [1.82, 2.24) is 15.2 Å². The number of nitrogens with zero attached hydrogens (tertiary/aromatic N) is 2. The zero-order valence-corrected chi connectivity index (χ0v) is 11.3. The van der Waals surface area contributed by atoms with Crippen molar-refractivity contribution < 1.29 is 4.74 Å². The molecular formula is C13H14N4OS. The molecule has 0 unspecified atom stereocenters. The highest BCUT2D eigenvalue weighted by molar-refractivity contribution is 7.98. The van der Waals surface area contributed by atoms with Crippen LogP contribution in [0, 0.1) is 11.8 Å². The van der Waals surface area contributed by atoms with Gasteiger partial charge in [-0.3, -0.25) is 5.10 Å². The van der Waals surface area contributed by atoms with Gasteiger partial charge in [-0.1, -0.05) is 29.7 Å². The molecule has 0 radical (unpaired) electrons. The minimum Gasteiger partial charge on any atom is -0.495 e. The fourth-order valence-electron chi connectivity index (χ4n) is 1.50. The Hall–Kier alpha value is -1.97. The van der Waals surface area contributed by atoms with Crippen LogP contribution in [0.3, 0.4) is 0 Å². The van der Waals surface area contributed by atoms with Gasteiger partial charge in [0.1, 0.15) is 12.1 Å². The highest BCUT2D eigenvalue weighted by Crippen LogP contribution is 2.23. The number of nitrogens with two attached hydrogens (primary N) is 1. The first-order valence-electron chi connectivity index (χ1n) is 5.67. The Labute approximate surface area is 116 Å². The van der Waals surface area contributed by atoms with E-state index in [0.717, 1.165) is 27.8 Å². The zero-order chi connectivity index (χ0) is 13.5. The average Bonchev–Trinajstić information content (AvgIpc) is 2.96. The van der Waals surface area contributed by atoms with Crippen molar-refractivity contribution in [3.63, 3.8) is 0 Å². The van der Waals surface area contributed by atoms with E-state index in [-0.39, 0.29) is 0 Å². The average molecular weight is 274 g/mol. The highest BCUT2D eigenvalue weighted by Gasteiger charge is 2.04. The Morgan fingerprint density at radius 1 is 1.47 bits per heavy atom. The second-order valence-corrected chi connectivity index (χ2v) is 4.58. The van der Waals surface area contributed by atoms with E-state index >= 15 is 0 Å². The Bertz CT molecular complexity index is 586. The number of benzene rings is 1. The SMILES string of the molecule is COc1ccc(CSc2ncn[nH]2)cc1C#CCN. The molecule has 0 saturated heterocycles. The van der Waals surface area contributed by atoms with Crippen LogP contribution in [-0.2, 0) is 5.75 Å². The predicted octanol–water partition coefficient (Wildman–Crippen LogP) is 1.42. The molecule has 6 heteroatoms. The zero-order valence-electron chi connectivity index (χ0n) is 10.5. The van der Waals surface area contributed by atoms with E-state index < -0.39 is 0 Å². The number of aromatic amines is 1. The number of methoxy groups -OCH3 is 1. The van der Waals surface area contributed by atoms with Gasteiger partial charge in [0.2, 0.25) is 0 Å². The number of H-pyrrole nitrogens is 1. The number of hydrogen-bond donors (Lipinski definition) is 2. The lowest BCUT2D eigenvalue weighted by atomic mass is 10.1. The molecule has 1 heterocycles. The van der Waals surface area contributed by atoms with Crippen LogP contribution in [0.15, 0.2) is 29.7 Å². The van der Waals surface area contributed by atoms with Crippen LogP contribution in [0.4, 0.5) is 0 Å². The molecule has 1 aromatic heterocycles. The Morgan fingerprint density at radius 3 is 3.05 bits per heavy atom. The van der Waals surface area contributed by atoms with E-state index in [1.54, 1.807) is 18.9 Å². The molecule has 0 aliphatic carbocycles. The molecule has 5 nitrogen and oxygen atoms in total. The Morgan fingerprint density at radius 2 is 2.37 bits per heavy atom. The summed E-state index contributed by atoms with van der Waals surface area (Å²) in [6.45, 7) is 0.334. The number of aromatic nitrogens is 3. The van der Waals surface area contributed by atoms with Gasteiger partial charge in [0.25, 0.3) is 0 Å². The Kier molecular flexibility index (Phi) is 4.84. The first-order chi connectivity index (χ1) is 9.33. The van der Waals surface area contributed by atoms with Crippen molar-refractivity contribution in [2.24, 2.45) is 5.73 Å². The molecule has 0 aliphatic heterocycles. The fourth-order valence-corrected chi connectivity index (χ4v) is 2.23. The normalized spacial score (nSPS) is 9.79. The van der Waals surface area contributed by atoms with E-state index in [0.29, 0.717) is 6.54 Å². The standard InChI is InChI=1S/C13H14N4OS/c1-18-12-5-4-10(7-11(12)3-2-6-14)8-19-13-15-9-16-17-13/h4-5,7,9H,6,8,14H2,1H3,(H,15,16,17). The second kappa shape index (κ2) is 6.83. The fraction of sp³-hybridized carbons (Fsp3) is 0.231. The lowest BCUT2D eigenvalue weighted by molar-refractivity contribution is 0.413. The summed E-state index contributed by atoms with van der Waals surface area (Å²) in [7, 11) is 1.63. The van der Waals surface area contributed by atoms with Crippen LogP contribution in [-0.4, -0.2) is 28.8 Å². The number of ether oxygens (including phenoxy) is 1. The van der Waals surface area contributed by atoms with Crippen molar-refractivity contribution in [2.45, 2.75) is 10.9 Å². The molecule has 2 rings (SSSR count). The molecule has 0 fully saturated rings. The van der Waals surface area contributed by atoms with Gasteiger partial charge in [-0.2, -0.15) is 5.10 Å². The summed E-state index contributed by atoms with van der Waals surface area (Å²) in [6, 6.07) is 5.93. The minimum absolute atomic E-state index is 0.334. The van der Waals surface area contributed by atoms with Crippen molar-refractivity contribution in [3.8, 4) is 17.6 Å². The van der Waals surface area contributed by atoms with E-state index in [9.17, 15) is 0 Å². The van der Waals surface area contributed by atoms with Crippen LogP contribution in [0.1, 0.15) is 11.1 Å². The number of rotatable bonds is 4. The van der Waals surface area contributed by atoms with Gasteiger partial charge < -0.3 is 10.5 Å². The molecule has 0 aliphatic rings. The first kappa shape index (κ1) is 13.5. The predicted molar refractivity (Wildman–Crippen MR) is 74.9 cm³/mol. The maximum absolute atomic E-state index is 5.39. The molecule has 0 spiro atoms. The van der Waals surface area contributed by atoms with Gasteiger partial charge in [0.05, 0.1) is 19.2 Å². The van der Waals surface area contributed by atoms with Gasteiger partial charge in [0, 0.05) is 5.75 Å². The number of hydrogen-bond acceptors (Lipinski definition) is 5. The highest BCUT2D eigenvalue weighted by atomic mass is 32.2. The van der Waals surface area contributed by atoms with Crippen molar-refractivity contribution in [2.75, 3.05) is 13.7 Å². The van der Waals surface area contributed by atoms with Crippen LogP contribution in [0.5, 0.6) is 5.75 Å². The first-order valence-corrected chi connectivity index (χ1v) is 6.66. The van der Waals surface area contributed by atoms with E-state index in [1.165, 1.54) is 6.33 Å². The molecule has 19 heavy (non-hydrogen) atoms. The lowest BCUT2D eigenvalue weighted by Gasteiger charge is -2.06. The molecule has 0 saturated carbocycles. The molecule has 3 N–H and O–H groups in total. The largest absolute Gasteiger partial charge is 0.495 e. The summed E-state index contributed by atoms with van der Waals surface area (Å²) in [5.41, 5.74) is 7.38. The molecule has 2 aromatic rings. The van der Waals surface area contributed by atoms with Crippen molar-refractivity contribution in [1.29, 1.82) is 0 Å². The number of thioether (sulfide) groups is 1. The third-order valence-electron chi connectivity index (χ3n) is 2.36. The molecule has 1 aromatic carbocycles. The summed E-state index contributed by atoms with van der Waals surface area (Å²) in [5, 5.41) is 7.41. The molecule has 98 valence electrons. The van der Waals surface area contributed by atoms with E-state index in [1.807, 2.05) is 18.2 Å². The maximum Gasteiger partial charge on any atom is 0.183 e. The summed E-state index contributed by atoms with van der Waals surface area (Å²) in [6.07, 6.45) is 1.49. The van der Waals surface area contributed by atoms with Gasteiger partial charge >= 0.3 is 0 Å². The van der Waals surface area contributed by atoms with Gasteiger partial charge in [-0.25, -0.2) is 4.98 Å². The third-order valence-corrected chi connectivity index (χ3v) is 3.31. The molecule has 0 atom stereocenters. The molecular weight excluding hydrogens is 260 g/mol. The van der Waals surface area contributed by atoms with E-state index in [4.69, 9.17) is 10.5 Å². The lowest BCUT2D eigenvalue weighted by Crippen LogP contribution is -1.94. The summed E-state index contributed by atoms with van der Waals surface area (Å²) in [4.78, 5) is 4.06. The quantitative estimate of drug-likeness (QED) is 0.651. The summed E-state index contributed by atoms with van der Waals surface area (Å²) >= 11 is 1.58. The van der Waals surface area contributed by atoms with Crippen LogP contribution >= 0.6 is 11.8 Å². The monoisotopic (exact) mass is 274 g/mol. The minimum atomic E-state index is 0.334. The van der Waals surface area contributed by atoms with Crippen molar-refractivity contribution in [3.05, 3.63) is 35.7 Å². The van der Waals surface area contributed by atoms with Crippen LogP contribution < -0.4 is 10.5 Å². The van der Waals surface area contributed by atoms with Crippen LogP contribution in [0.25, 0.3) is 0 Å². The summed E-state index contributed by atoms with van der Waals surface area (Å²) < 4.78 is 5.27. The molecule has 0 bridgehead atoms. The summed E-state index contributed by atoms with van der Waals surface area (Å²) in [5.74, 6) is 7.40. The smallest absolute Gasteiger partial charge is 0.183 e. The topological polar surface area (TPSA) is 76.8 Å². The second-order valence-electron chi connectivity index (χ2n) is 3.62. The van der Waals surface area contributed by atoms with Crippen LogP contribution in [0.2, 0.25) is 0 Å². The van der Waals surface area contributed by atoms with E-state index in [2.05, 4.69) is 27.0 Å². The number of nitrogens with one attached hydrogen (secondary N) is 1. The molecule has 0 amide bonds. The van der Waals surface area contributed by atoms with Gasteiger partial charge in [-0.15, -0.1) is 0 Å². The van der Waals surface area contributed by atoms with Gasteiger partial charge in [-0.05, 0) is 17.7 Å². The maximum atomic E-state index is 5.39. The third kappa shape index (κ3) is 3.74. The van der Waals surface area contributed by atoms with Gasteiger partial charge in [0.15, 0.2) is 5.16 Å². The van der Waals surface area contributed by atoms with Crippen molar-refractivity contribution >= 4 is 11.8 Å².